The molecule has 8 aromatic carbocycles. The van der Waals surface area contributed by atoms with Gasteiger partial charge < -0.3 is 0 Å². The second-order valence-electron chi connectivity index (χ2n) is 12.5. The molecule has 0 radical (unpaired) electrons. The van der Waals surface area contributed by atoms with Gasteiger partial charge in [-0.05, 0) is 78.8 Å². The molecule has 0 aliphatic carbocycles. The highest BCUT2D eigenvalue weighted by atomic mass is 14.9. The van der Waals surface area contributed by atoms with E-state index in [4.69, 9.17) is 9.97 Å². The van der Waals surface area contributed by atoms with E-state index in [2.05, 4.69) is 140 Å². The number of fused-ring (bicyclic) bond motifs is 4. The van der Waals surface area contributed by atoms with Gasteiger partial charge in [-0.25, -0.2) is 9.97 Å². The number of nitrogens with zero attached hydrogens (tertiary/aromatic N) is 3. The maximum atomic E-state index is 9.18. The van der Waals surface area contributed by atoms with Gasteiger partial charge in [0.2, 0.25) is 0 Å². The first kappa shape index (κ1) is 29.3. The zero-order valence-electron chi connectivity index (χ0n) is 27.1. The van der Waals surface area contributed by atoms with Crippen molar-refractivity contribution < 1.29 is 0 Å². The predicted molar refractivity (Wildman–Crippen MR) is 206 cm³/mol. The van der Waals surface area contributed by atoms with Gasteiger partial charge in [-0.15, -0.1) is 0 Å². The summed E-state index contributed by atoms with van der Waals surface area (Å²) in [6, 6.07) is 63.4. The van der Waals surface area contributed by atoms with Crippen LogP contribution in [0.4, 0.5) is 0 Å². The summed E-state index contributed by atoms with van der Waals surface area (Å²) in [6.45, 7) is 0. The molecule has 0 unspecified atom stereocenters. The standard InChI is InChI=1S/C47H29N3/c48-30-31-14-16-32(17-15-31)33-18-20-36(21-19-33)45-29-44(35-9-2-1-3-10-35)49-47(50-45)38-24-22-37(23-25-38)46-41-13-7-5-11-39(41)28-43-40-12-6-4-8-34(40)26-27-42(43)46/h1-29H. The molecule has 9 rings (SSSR count). The van der Waals surface area contributed by atoms with Crippen LogP contribution in [0.5, 0.6) is 0 Å². The third-order valence-electron chi connectivity index (χ3n) is 9.53. The van der Waals surface area contributed by atoms with Gasteiger partial charge in [0.15, 0.2) is 5.82 Å². The van der Waals surface area contributed by atoms with Crippen LogP contribution in [0, 0.1) is 11.3 Å². The van der Waals surface area contributed by atoms with Crippen molar-refractivity contribution in [1.29, 1.82) is 5.26 Å². The van der Waals surface area contributed by atoms with Crippen molar-refractivity contribution in [2.45, 2.75) is 0 Å². The summed E-state index contributed by atoms with van der Waals surface area (Å²) in [7, 11) is 0. The van der Waals surface area contributed by atoms with Gasteiger partial charge in [-0.1, -0.05) is 152 Å². The average Bonchev–Trinajstić information content (AvgIpc) is 3.20. The highest BCUT2D eigenvalue weighted by Gasteiger charge is 2.15. The molecule has 0 saturated carbocycles. The Morgan fingerprint density at radius 3 is 1.60 bits per heavy atom. The third-order valence-corrected chi connectivity index (χ3v) is 9.53. The molecule has 0 bridgehead atoms. The average molecular weight is 636 g/mol. The highest BCUT2D eigenvalue weighted by Crippen LogP contribution is 2.40. The molecule has 0 fully saturated rings. The number of nitriles is 1. The zero-order valence-corrected chi connectivity index (χ0v) is 27.1. The van der Waals surface area contributed by atoms with Gasteiger partial charge in [-0.3, -0.25) is 0 Å². The SMILES string of the molecule is N#Cc1ccc(-c2ccc(-c3cc(-c4ccccc4)nc(-c4ccc(-c5c6ccccc6cc6c5ccc5ccccc56)cc4)n3)cc2)cc1. The zero-order chi connectivity index (χ0) is 33.4. The second-order valence-corrected chi connectivity index (χ2v) is 12.5. The van der Waals surface area contributed by atoms with E-state index >= 15 is 0 Å². The minimum Gasteiger partial charge on any atom is -0.228 e. The van der Waals surface area contributed by atoms with E-state index < -0.39 is 0 Å². The molecule has 0 aliphatic rings. The van der Waals surface area contributed by atoms with Gasteiger partial charge in [0.05, 0.1) is 23.0 Å². The Bertz CT molecular complexity index is 2720. The summed E-state index contributed by atoms with van der Waals surface area (Å²) < 4.78 is 0. The Morgan fingerprint density at radius 1 is 0.360 bits per heavy atom. The maximum absolute atomic E-state index is 9.18. The third kappa shape index (κ3) is 5.26. The molecular weight excluding hydrogens is 607 g/mol. The van der Waals surface area contributed by atoms with Gasteiger partial charge in [0.1, 0.15) is 0 Å². The molecule has 232 valence electrons. The smallest absolute Gasteiger partial charge is 0.160 e. The number of hydrogen-bond donors (Lipinski definition) is 0. The van der Waals surface area contributed by atoms with E-state index in [1.54, 1.807) is 0 Å². The lowest BCUT2D eigenvalue weighted by molar-refractivity contribution is 1.18. The van der Waals surface area contributed by atoms with Crippen molar-refractivity contribution in [3.05, 3.63) is 181 Å². The quantitative estimate of drug-likeness (QED) is 0.140. The first-order valence-electron chi connectivity index (χ1n) is 16.7. The number of rotatable bonds is 5. The van der Waals surface area contributed by atoms with Crippen molar-refractivity contribution in [2.24, 2.45) is 0 Å². The van der Waals surface area contributed by atoms with Crippen LogP contribution >= 0.6 is 0 Å². The summed E-state index contributed by atoms with van der Waals surface area (Å²) in [6.07, 6.45) is 0. The minimum atomic E-state index is 0.652. The second kappa shape index (κ2) is 12.3. The summed E-state index contributed by atoms with van der Waals surface area (Å²) in [5.74, 6) is 0.679. The van der Waals surface area contributed by atoms with Crippen LogP contribution < -0.4 is 0 Å². The van der Waals surface area contributed by atoms with Crippen molar-refractivity contribution in [3.63, 3.8) is 0 Å². The van der Waals surface area contributed by atoms with Gasteiger partial charge in [0.25, 0.3) is 0 Å². The Labute approximate surface area is 290 Å². The predicted octanol–water partition coefficient (Wildman–Crippen LogP) is 12.1. The van der Waals surface area contributed by atoms with E-state index in [1.807, 2.05) is 42.5 Å². The minimum absolute atomic E-state index is 0.652. The van der Waals surface area contributed by atoms with Crippen molar-refractivity contribution in [1.82, 2.24) is 9.97 Å². The molecule has 0 spiro atoms. The Balaban J connectivity index is 1.15. The molecule has 1 aromatic heterocycles. The normalized spacial score (nSPS) is 11.2. The fourth-order valence-electron chi connectivity index (χ4n) is 6.97. The van der Waals surface area contributed by atoms with Gasteiger partial charge in [-0.2, -0.15) is 5.26 Å². The Morgan fingerprint density at radius 2 is 0.900 bits per heavy atom. The van der Waals surface area contributed by atoms with Crippen LogP contribution in [-0.4, -0.2) is 9.97 Å². The lowest BCUT2D eigenvalue weighted by Gasteiger charge is -2.15. The fourth-order valence-corrected chi connectivity index (χ4v) is 6.97. The van der Waals surface area contributed by atoms with E-state index in [-0.39, 0.29) is 0 Å². The van der Waals surface area contributed by atoms with Crippen LogP contribution in [-0.2, 0) is 0 Å². The van der Waals surface area contributed by atoms with Crippen LogP contribution in [0.15, 0.2) is 176 Å². The summed E-state index contributed by atoms with van der Waals surface area (Å²) in [5.41, 5.74) is 9.93. The summed E-state index contributed by atoms with van der Waals surface area (Å²) >= 11 is 0. The molecule has 0 atom stereocenters. The topological polar surface area (TPSA) is 49.6 Å². The Hall–Kier alpha value is -6.89. The van der Waals surface area contributed by atoms with E-state index in [0.29, 0.717) is 11.4 Å². The molecule has 0 N–H and O–H groups in total. The number of benzene rings is 8. The molecular formula is C47H29N3. The molecule has 0 aliphatic heterocycles. The first-order valence-corrected chi connectivity index (χ1v) is 16.7. The van der Waals surface area contributed by atoms with Crippen LogP contribution in [0.3, 0.4) is 0 Å². The highest BCUT2D eigenvalue weighted by molar-refractivity contribution is 6.20. The molecule has 3 heteroatoms. The van der Waals surface area contributed by atoms with Crippen molar-refractivity contribution >= 4 is 32.3 Å². The number of aromatic nitrogens is 2. The largest absolute Gasteiger partial charge is 0.228 e. The summed E-state index contributed by atoms with van der Waals surface area (Å²) in [4.78, 5) is 10.2. The summed E-state index contributed by atoms with van der Waals surface area (Å²) in [5, 5.41) is 16.6. The molecule has 0 saturated heterocycles. The maximum Gasteiger partial charge on any atom is 0.160 e. The molecule has 9 aromatic rings. The van der Waals surface area contributed by atoms with Crippen LogP contribution in [0.2, 0.25) is 0 Å². The fraction of sp³-hybridized carbons (Fsp3) is 0. The van der Waals surface area contributed by atoms with Crippen LogP contribution in [0.1, 0.15) is 5.56 Å². The Kier molecular flexibility index (Phi) is 7.19. The van der Waals surface area contributed by atoms with E-state index in [1.165, 1.54) is 37.9 Å². The molecule has 1 heterocycles. The lowest BCUT2D eigenvalue weighted by Crippen LogP contribution is -1.96. The molecule has 50 heavy (non-hydrogen) atoms. The lowest BCUT2D eigenvalue weighted by atomic mass is 9.89. The monoisotopic (exact) mass is 635 g/mol. The molecule has 3 nitrogen and oxygen atoms in total. The molecule has 0 amide bonds. The van der Waals surface area contributed by atoms with Gasteiger partial charge >= 0.3 is 0 Å². The van der Waals surface area contributed by atoms with Crippen molar-refractivity contribution in [2.75, 3.05) is 0 Å². The number of hydrogen-bond acceptors (Lipinski definition) is 3. The van der Waals surface area contributed by atoms with Crippen LogP contribution in [0.25, 0.3) is 88.5 Å². The first-order chi connectivity index (χ1) is 24.7. The van der Waals surface area contributed by atoms with Crippen molar-refractivity contribution in [3.8, 4) is 62.2 Å². The van der Waals surface area contributed by atoms with Gasteiger partial charge in [0, 0.05) is 16.7 Å². The van der Waals surface area contributed by atoms with E-state index in [0.717, 1.165) is 44.8 Å². The van der Waals surface area contributed by atoms with E-state index in [9.17, 15) is 5.26 Å².